The van der Waals surface area contributed by atoms with Gasteiger partial charge in [0.25, 0.3) is 5.91 Å². The third-order valence-corrected chi connectivity index (χ3v) is 6.18. The number of aryl methyl sites for hydroxylation is 2. The summed E-state index contributed by atoms with van der Waals surface area (Å²) in [5.74, 6) is 0.867. The zero-order valence-corrected chi connectivity index (χ0v) is 19.6. The largest absolute Gasteiger partial charge is 0.440 e. The molecule has 1 N–H and O–H groups in total. The predicted molar refractivity (Wildman–Crippen MR) is 130 cm³/mol. The number of carbonyl (C=O) groups is 1. The normalized spacial score (nSPS) is 15.0. The second-order valence-corrected chi connectivity index (χ2v) is 9.12. The molecule has 4 rings (SSSR count). The highest BCUT2D eigenvalue weighted by Crippen LogP contribution is 2.23. The Kier molecular flexibility index (Phi) is 6.80. The van der Waals surface area contributed by atoms with Crippen molar-refractivity contribution >= 4 is 22.7 Å². The topological polar surface area (TPSA) is 61.6 Å². The molecule has 0 unspecified atom stereocenters. The zero-order valence-electron chi connectivity index (χ0n) is 19.6. The van der Waals surface area contributed by atoms with Gasteiger partial charge in [-0.15, -0.1) is 0 Å². The molecule has 170 valence electrons. The fourth-order valence-corrected chi connectivity index (χ4v) is 4.21. The lowest BCUT2D eigenvalue weighted by atomic mass is 10.1. The Hall–Kier alpha value is -2.86. The van der Waals surface area contributed by atoms with Gasteiger partial charge >= 0.3 is 0 Å². The lowest BCUT2D eigenvalue weighted by molar-refractivity contribution is 0.0951. The first-order valence-corrected chi connectivity index (χ1v) is 11.6. The summed E-state index contributed by atoms with van der Waals surface area (Å²) in [6, 6.07) is 12.1. The Labute approximate surface area is 190 Å². The van der Waals surface area contributed by atoms with Crippen LogP contribution in [0.1, 0.15) is 53.6 Å². The van der Waals surface area contributed by atoms with Crippen LogP contribution >= 0.6 is 0 Å². The van der Waals surface area contributed by atoms with E-state index in [4.69, 9.17) is 4.42 Å². The summed E-state index contributed by atoms with van der Waals surface area (Å²) in [6.45, 7) is 14.3. The number of rotatable bonds is 7. The second-order valence-electron chi connectivity index (χ2n) is 9.12. The molecular weight excluding hydrogens is 400 g/mol. The molecule has 0 spiro atoms. The van der Waals surface area contributed by atoms with E-state index < -0.39 is 0 Å². The first-order valence-electron chi connectivity index (χ1n) is 11.6. The van der Waals surface area contributed by atoms with Crippen molar-refractivity contribution in [1.29, 1.82) is 0 Å². The lowest BCUT2D eigenvalue weighted by Gasteiger charge is -2.37. The average molecular weight is 435 g/mol. The maximum Gasteiger partial charge on any atom is 0.251 e. The molecule has 1 aliphatic rings. The Balaban J connectivity index is 1.21. The SMILES string of the molecule is Cc1ccc(C)c(N2CCN(CCCNC(=O)c3ccc4nc(C(C)C)oc4c3)CC2)c1. The molecule has 2 heterocycles. The number of aromatic nitrogens is 1. The molecule has 0 bridgehead atoms. The fourth-order valence-electron chi connectivity index (χ4n) is 4.21. The molecule has 0 aliphatic carbocycles. The highest BCUT2D eigenvalue weighted by molar-refractivity contribution is 5.97. The summed E-state index contributed by atoms with van der Waals surface area (Å²) in [7, 11) is 0. The number of anilines is 1. The minimum atomic E-state index is -0.0610. The third-order valence-electron chi connectivity index (χ3n) is 6.18. The predicted octanol–water partition coefficient (Wildman–Crippen LogP) is 4.51. The molecule has 1 saturated heterocycles. The van der Waals surface area contributed by atoms with Crippen LogP contribution in [0.4, 0.5) is 5.69 Å². The van der Waals surface area contributed by atoms with Gasteiger partial charge in [-0.05, 0) is 62.2 Å². The summed E-state index contributed by atoms with van der Waals surface area (Å²) in [5, 5.41) is 3.04. The Morgan fingerprint density at radius 1 is 1.09 bits per heavy atom. The van der Waals surface area contributed by atoms with Gasteiger partial charge in [0, 0.05) is 49.9 Å². The molecule has 32 heavy (non-hydrogen) atoms. The molecule has 6 nitrogen and oxygen atoms in total. The number of benzene rings is 2. The highest BCUT2D eigenvalue weighted by Gasteiger charge is 2.18. The van der Waals surface area contributed by atoms with E-state index in [-0.39, 0.29) is 11.8 Å². The minimum absolute atomic E-state index is 0.0610. The standard InChI is InChI=1S/C26H34N4O2/c1-18(2)26-28-22-9-8-21(17-24(22)32-26)25(31)27-10-5-11-29-12-14-30(15-13-29)23-16-19(3)6-7-20(23)4/h6-9,16-18H,5,10-15H2,1-4H3,(H,27,31). The van der Waals surface area contributed by atoms with E-state index in [0.29, 0.717) is 23.6 Å². The fraction of sp³-hybridized carbons (Fsp3) is 0.462. The van der Waals surface area contributed by atoms with Crippen molar-refractivity contribution in [2.75, 3.05) is 44.2 Å². The van der Waals surface area contributed by atoms with E-state index in [0.717, 1.165) is 44.7 Å². The van der Waals surface area contributed by atoms with Crippen molar-refractivity contribution in [3.8, 4) is 0 Å². The molecule has 0 radical (unpaired) electrons. The van der Waals surface area contributed by atoms with Crippen molar-refractivity contribution < 1.29 is 9.21 Å². The number of fused-ring (bicyclic) bond motifs is 1. The van der Waals surface area contributed by atoms with Gasteiger partial charge in [0.1, 0.15) is 5.52 Å². The van der Waals surface area contributed by atoms with E-state index >= 15 is 0 Å². The van der Waals surface area contributed by atoms with E-state index in [1.165, 1.54) is 16.8 Å². The molecular formula is C26H34N4O2. The number of carbonyl (C=O) groups excluding carboxylic acids is 1. The van der Waals surface area contributed by atoms with Crippen LogP contribution in [0.2, 0.25) is 0 Å². The van der Waals surface area contributed by atoms with E-state index in [1.54, 1.807) is 6.07 Å². The molecule has 3 aromatic rings. The number of oxazole rings is 1. The van der Waals surface area contributed by atoms with Crippen LogP contribution in [0.25, 0.3) is 11.1 Å². The smallest absolute Gasteiger partial charge is 0.251 e. The number of piperazine rings is 1. The lowest BCUT2D eigenvalue weighted by Crippen LogP contribution is -2.47. The molecule has 0 atom stereocenters. The quantitative estimate of drug-likeness (QED) is 0.555. The van der Waals surface area contributed by atoms with Crippen molar-refractivity contribution in [2.24, 2.45) is 0 Å². The van der Waals surface area contributed by atoms with Crippen LogP contribution in [-0.4, -0.2) is 55.1 Å². The van der Waals surface area contributed by atoms with Crippen molar-refractivity contribution in [2.45, 2.75) is 40.0 Å². The number of hydrogen-bond donors (Lipinski definition) is 1. The van der Waals surface area contributed by atoms with Gasteiger partial charge in [0.05, 0.1) is 0 Å². The molecule has 1 aromatic heterocycles. The first-order chi connectivity index (χ1) is 15.4. The summed E-state index contributed by atoms with van der Waals surface area (Å²) in [4.78, 5) is 22.0. The van der Waals surface area contributed by atoms with Gasteiger partial charge in [-0.3, -0.25) is 9.69 Å². The van der Waals surface area contributed by atoms with Gasteiger partial charge in [-0.1, -0.05) is 26.0 Å². The monoisotopic (exact) mass is 434 g/mol. The summed E-state index contributed by atoms with van der Waals surface area (Å²) < 4.78 is 5.78. The van der Waals surface area contributed by atoms with Crippen LogP contribution < -0.4 is 10.2 Å². The van der Waals surface area contributed by atoms with Crippen LogP contribution in [0.3, 0.4) is 0 Å². The highest BCUT2D eigenvalue weighted by atomic mass is 16.3. The third kappa shape index (κ3) is 5.13. The Morgan fingerprint density at radius 3 is 2.62 bits per heavy atom. The maximum absolute atomic E-state index is 12.5. The number of amides is 1. The molecule has 2 aromatic carbocycles. The van der Waals surface area contributed by atoms with E-state index in [2.05, 4.69) is 52.1 Å². The van der Waals surface area contributed by atoms with E-state index in [9.17, 15) is 4.79 Å². The molecule has 1 amide bonds. The summed E-state index contributed by atoms with van der Waals surface area (Å²) in [6.07, 6.45) is 0.942. The molecule has 0 saturated carbocycles. The van der Waals surface area contributed by atoms with Gasteiger partial charge in [-0.2, -0.15) is 0 Å². The molecule has 1 aliphatic heterocycles. The van der Waals surface area contributed by atoms with Crippen LogP contribution in [-0.2, 0) is 0 Å². The number of nitrogens with zero attached hydrogens (tertiary/aromatic N) is 3. The maximum atomic E-state index is 12.5. The first kappa shape index (κ1) is 22.3. The van der Waals surface area contributed by atoms with Crippen LogP contribution in [0.15, 0.2) is 40.8 Å². The Bertz CT molecular complexity index is 1080. The molecule has 1 fully saturated rings. The van der Waals surface area contributed by atoms with Gasteiger partial charge in [-0.25, -0.2) is 4.98 Å². The van der Waals surface area contributed by atoms with Crippen molar-refractivity contribution in [3.63, 3.8) is 0 Å². The minimum Gasteiger partial charge on any atom is -0.440 e. The van der Waals surface area contributed by atoms with E-state index in [1.807, 2.05) is 26.0 Å². The second kappa shape index (κ2) is 9.74. The number of nitrogens with one attached hydrogen (secondary N) is 1. The van der Waals surface area contributed by atoms with Crippen molar-refractivity contribution in [3.05, 3.63) is 59.0 Å². The average Bonchev–Trinajstić information content (AvgIpc) is 3.22. The van der Waals surface area contributed by atoms with Crippen LogP contribution in [0.5, 0.6) is 0 Å². The van der Waals surface area contributed by atoms with Gasteiger partial charge < -0.3 is 14.6 Å². The number of hydrogen-bond acceptors (Lipinski definition) is 5. The zero-order chi connectivity index (χ0) is 22.7. The van der Waals surface area contributed by atoms with Gasteiger partial charge in [0.2, 0.25) is 0 Å². The summed E-state index contributed by atoms with van der Waals surface area (Å²) >= 11 is 0. The van der Waals surface area contributed by atoms with Gasteiger partial charge in [0.15, 0.2) is 11.5 Å². The van der Waals surface area contributed by atoms with Crippen molar-refractivity contribution in [1.82, 2.24) is 15.2 Å². The van der Waals surface area contributed by atoms with Crippen LogP contribution in [0, 0.1) is 13.8 Å². The molecule has 6 heteroatoms. The Morgan fingerprint density at radius 2 is 1.88 bits per heavy atom. The summed E-state index contributed by atoms with van der Waals surface area (Å²) in [5.41, 5.74) is 6.10.